The van der Waals surface area contributed by atoms with Crippen LogP contribution in [0.5, 0.6) is 5.75 Å². The number of nitrogens with one attached hydrogen (secondary N) is 2. The number of anilines is 1. The van der Waals surface area contributed by atoms with Crippen molar-refractivity contribution >= 4 is 17.5 Å². The van der Waals surface area contributed by atoms with Crippen LogP contribution in [-0.4, -0.2) is 18.4 Å². The van der Waals surface area contributed by atoms with Crippen molar-refractivity contribution in [3.8, 4) is 5.75 Å². The SMILES string of the molecule is O=C(COc1cccc2c1CCCC2)Nc1ccccc1C(=O)NCc1ccccc1. The first kappa shape index (κ1) is 20.7. The quantitative estimate of drug-likeness (QED) is 0.598. The van der Waals surface area contributed by atoms with Gasteiger partial charge in [-0.3, -0.25) is 9.59 Å². The minimum absolute atomic E-state index is 0.101. The molecule has 5 nitrogen and oxygen atoms in total. The molecular weight excluding hydrogens is 388 g/mol. The third-order valence-corrected chi connectivity index (χ3v) is 5.45. The van der Waals surface area contributed by atoms with E-state index < -0.39 is 0 Å². The molecule has 3 aromatic carbocycles. The van der Waals surface area contributed by atoms with Gasteiger partial charge in [-0.25, -0.2) is 0 Å². The third kappa shape index (κ3) is 5.31. The summed E-state index contributed by atoms with van der Waals surface area (Å²) in [5.41, 5.74) is 4.42. The van der Waals surface area contributed by atoms with Crippen molar-refractivity contribution in [1.82, 2.24) is 5.32 Å². The monoisotopic (exact) mass is 414 g/mol. The van der Waals surface area contributed by atoms with E-state index in [1.54, 1.807) is 24.3 Å². The fourth-order valence-electron chi connectivity index (χ4n) is 3.87. The highest BCUT2D eigenvalue weighted by molar-refractivity contribution is 6.04. The molecule has 0 spiro atoms. The Morgan fingerprint density at radius 2 is 1.61 bits per heavy atom. The summed E-state index contributed by atoms with van der Waals surface area (Å²) in [6.45, 7) is 0.320. The number of carbonyl (C=O) groups excluding carboxylic acids is 2. The van der Waals surface area contributed by atoms with E-state index in [2.05, 4.69) is 16.7 Å². The Hall–Kier alpha value is -3.60. The first-order chi connectivity index (χ1) is 15.2. The van der Waals surface area contributed by atoms with Crippen molar-refractivity contribution in [3.63, 3.8) is 0 Å². The minimum Gasteiger partial charge on any atom is -0.483 e. The molecule has 0 bridgehead atoms. The molecule has 0 fully saturated rings. The van der Waals surface area contributed by atoms with Crippen LogP contribution >= 0.6 is 0 Å². The largest absolute Gasteiger partial charge is 0.483 e. The van der Waals surface area contributed by atoms with E-state index in [1.807, 2.05) is 42.5 Å². The molecular formula is C26H26N2O3. The van der Waals surface area contributed by atoms with Gasteiger partial charge in [-0.2, -0.15) is 0 Å². The van der Waals surface area contributed by atoms with Crippen molar-refractivity contribution in [3.05, 3.63) is 95.1 Å². The van der Waals surface area contributed by atoms with E-state index in [1.165, 1.54) is 17.5 Å². The first-order valence-corrected chi connectivity index (χ1v) is 10.7. The Balaban J connectivity index is 1.37. The van der Waals surface area contributed by atoms with E-state index in [0.29, 0.717) is 17.8 Å². The highest BCUT2D eigenvalue weighted by Crippen LogP contribution is 2.29. The lowest BCUT2D eigenvalue weighted by molar-refractivity contribution is -0.118. The summed E-state index contributed by atoms with van der Waals surface area (Å²) in [5.74, 6) is 0.246. The van der Waals surface area contributed by atoms with Gasteiger partial charge >= 0.3 is 0 Å². The fraction of sp³-hybridized carbons (Fsp3) is 0.231. The number of amides is 2. The molecule has 158 valence electrons. The number of aryl methyl sites for hydroxylation is 1. The van der Waals surface area contributed by atoms with Crippen LogP contribution in [0.1, 0.15) is 39.9 Å². The zero-order valence-corrected chi connectivity index (χ0v) is 17.4. The van der Waals surface area contributed by atoms with Gasteiger partial charge in [-0.1, -0.05) is 54.6 Å². The molecule has 0 unspecified atom stereocenters. The normalized spacial score (nSPS) is 12.5. The Morgan fingerprint density at radius 1 is 0.839 bits per heavy atom. The van der Waals surface area contributed by atoms with Crippen molar-refractivity contribution in [2.75, 3.05) is 11.9 Å². The summed E-state index contributed by atoms with van der Waals surface area (Å²) in [5, 5.41) is 5.71. The molecule has 0 aromatic heterocycles. The number of hydrogen-bond acceptors (Lipinski definition) is 3. The van der Waals surface area contributed by atoms with Gasteiger partial charge < -0.3 is 15.4 Å². The van der Waals surface area contributed by atoms with Crippen LogP contribution in [0.3, 0.4) is 0 Å². The molecule has 0 saturated heterocycles. The van der Waals surface area contributed by atoms with Crippen LogP contribution < -0.4 is 15.4 Å². The molecule has 2 N–H and O–H groups in total. The van der Waals surface area contributed by atoms with Gasteiger partial charge in [0.25, 0.3) is 11.8 Å². The number of rotatable bonds is 7. The van der Waals surface area contributed by atoms with Gasteiger partial charge in [0.2, 0.25) is 0 Å². The summed E-state index contributed by atoms with van der Waals surface area (Å²) in [7, 11) is 0. The predicted molar refractivity (Wildman–Crippen MR) is 121 cm³/mol. The molecule has 3 aromatic rings. The maximum atomic E-state index is 12.7. The number of para-hydroxylation sites is 1. The summed E-state index contributed by atoms with van der Waals surface area (Å²) >= 11 is 0. The molecule has 1 aliphatic carbocycles. The van der Waals surface area contributed by atoms with Gasteiger partial charge in [0.1, 0.15) is 5.75 Å². The van der Waals surface area contributed by atoms with Crippen LogP contribution in [0.25, 0.3) is 0 Å². The highest BCUT2D eigenvalue weighted by Gasteiger charge is 2.16. The second-order valence-corrected chi connectivity index (χ2v) is 7.65. The van der Waals surface area contributed by atoms with E-state index in [0.717, 1.165) is 30.6 Å². The van der Waals surface area contributed by atoms with Crippen molar-refractivity contribution < 1.29 is 14.3 Å². The summed E-state index contributed by atoms with van der Waals surface area (Å²) in [6, 6.07) is 22.7. The van der Waals surface area contributed by atoms with E-state index in [-0.39, 0.29) is 18.4 Å². The molecule has 1 aliphatic rings. The topological polar surface area (TPSA) is 67.4 Å². The van der Waals surface area contributed by atoms with Crippen LogP contribution in [0, 0.1) is 0 Å². The molecule has 31 heavy (non-hydrogen) atoms. The van der Waals surface area contributed by atoms with Gasteiger partial charge in [-0.05, 0) is 60.6 Å². The lowest BCUT2D eigenvalue weighted by Crippen LogP contribution is -2.26. The van der Waals surface area contributed by atoms with Crippen molar-refractivity contribution in [2.45, 2.75) is 32.2 Å². The Labute approximate surface area is 182 Å². The van der Waals surface area contributed by atoms with Crippen molar-refractivity contribution in [1.29, 1.82) is 0 Å². The van der Waals surface area contributed by atoms with Crippen LogP contribution in [0.2, 0.25) is 0 Å². The van der Waals surface area contributed by atoms with Gasteiger partial charge in [0.15, 0.2) is 6.61 Å². The lowest BCUT2D eigenvalue weighted by atomic mass is 9.91. The zero-order valence-electron chi connectivity index (χ0n) is 17.4. The summed E-state index contributed by atoms with van der Waals surface area (Å²) in [4.78, 5) is 25.2. The average Bonchev–Trinajstić information content (AvgIpc) is 2.82. The molecule has 0 heterocycles. The molecule has 0 atom stereocenters. The van der Waals surface area contributed by atoms with Crippen molar-refractivity contribution in [2.24, 2.45) is 0 Å². The summed E-state index contributed by atoms with van der Waals surface area (Å²) in [6.07, 6.45) is 4.38. The minimum atomic E-state index is -0.295. The van der Waals surface area contributed by atoms with E-state index >= 15 is 0 Å². The third-order valence-electron chi connectivity index (χ3n) is 5.45. The lowest BCUT2D eigenvalue weighted by Gasteiger charge is -2.19. The average molecular weight is 415 g/mol. The van der Waals surface area contributed by atoms with E-state index in [4.69, 9.17) is 4.74 Å². The Kier molecular flexibility index (Phi) is 6.62. The second kappa shape index (κ2) is 9.94. The van der Waals surface area contributed by atoms with Crippen LogP contribution in [-0.2, 0) is 24.2 Å². The standard InChI is InChI=1S/C26H26N2O3/c29-25(18-31-24-16-8-12-20-11-4-5-13-21(20)24)28-23-15-7-6-14-22(23)26(30)27-17-19-9-2-1-3-10-19/h1-3,6-10,12,14-16H,4-5,11,13,17-18H2,(H,27,30)(H,28,29). The Morgan fingerprint density at radius 3 is 2.48 bits per heavy atom. The van der Waals surface area contributed by atoms with Crippen LogP contribution in [0.4, 0.5) is 5.69 Å². The molecule has 5 heteroatoms. The van der Waals surface area contributed by atoms with Gasteiger partial charge in [0, 0.05) is 6.54 Å². The number of fused-ring (bicyclic) bond motifs is 1. The Bertz CT molecular complexity index is 1060. The smallest absolute Gasteiger partial charge is 0.262 e. The number of carbonyl (C=O) groups is 2. The maximum Gasteiger partial charge on any atom is 0.262 e. The first-order valence-electron chi connectivity index (χ1n) is 10.7. The van der Waals surface area contributed by atoms with E-state index in [9.17, 15) is 9.59 Å². The fourth-order valence-corrected chi connectivity index (χ4v) is 3.87. The molecule has 0 saturated carbocycles. The number of hydrogen-bond donors (Lipinski definition) is 2. The van der Waals surface area contributed by atoms with Crippen LogP contribution in [0.15, 0.2) is 72.8 Å². The summed E-state index contributed by atoms with van der Waals surface area (Å²) < 4.78 is 5.83. The van der Waals surface area contributed by atoms with Gasteiger partial charge in [0.05, 0.1) is 11.3 Å². The second-order valence-electron chi connectivity index (χ2n) is 7.65. The molecule has 0 aliphatic heterocycles. The maximum absolute atomic E-state index is 12.7. The van der Waals surface area contributed by atoms with Gasteiger partial charge in [-0.15, -0.1) is 0 Å². The molecule has 2 amide bonds. The number of ether oxygens (including phenoxy) is 1. The zero-order chi connectivity index (χ0) is 21.5. The molecule has 0 radical (unpaired) electrons. The highest BCUT2D eigenvalue weighted by atomic mass is 16.5. The predicted octanol–water partition coefficient (Wildman–Crippen LogP) is 4.51. The molecule has 4 rings (SSSR count). The number of benzene rings is 3.